The van der Waals surface area contributed by atoms with Gasteiger partial charge in [0, 0.05) is 18.8 Å². The molecule has 106 valence electrons. The molecule has 0 aliphatic heterocycles. The quantitative estimate of drug-likeness (QED) is 0.510. The molecule has 4 N–H and O–H groups in total. The first-order chi connectivity index (χ1) is 9.00. The fourth-order valence-electron chi connectivity index (χ4n) is 1.76. The molecule has 0 radical (unpaired) electrons. The largest absolute Gasteiger partial charge is 0.395 e. The molecule has 0 amide bonds. The summed E-state index contributed by atoms with van der Waals surface area (Å²) in [5.41, 5.74) is 2.27. The number of nitrogens with two attached hydrogens (primary N) is 1. The number of sulfonamides is 1. The van der Waals surface area contributed by atoms with Crippen molar-refractivity contribution in [1.82, 2.24) is 9.29 Å². The van der Waals surface area contributed by atoms with Crippen molar-refractivity contribution in [2.45, 2.75) is 23.8 Å². The van der Waals surface area contributed by atoms with E-state index in [4.69, 9.17) is 22.6 Å². The lowest BCUT2D eigenvalue weighted by molar-refractivity contribution is 0.250. The summed E-state index contributed by atoms with van der Waals surface area (Å²) in [7, 11) is -3.69. The molecule has 1 aliphatic rings. The average Bonchev–Trinajstić information content (AvgIpc) is 3.19. The van der Waals surface area contributed by atoms with Gasteiger partial charge in [-0.3, -0.25) is 0 Å². The molecule has 0 bridgehead atoms. The van der Waals surface area contributed by atoms with Crippen LogP contribution in [0.5, 0.6) is 0 Å². The van der Waals surface area contributed by atoms with E-state index < -0.39 is 10.0 Å². The van der Waals surface area contributed by atoms with Crippen LogP contribution in [0.1, 0.15) is 12.8 Å². The van der Waals surface area contributed by atoms with E-state index in [0.29, 0.717) is 0 Å². The number of hydrazine groups is 1. The maximum absolute atomic E-state index is 12.4. The Morgan fingerprint density at radius 2 is 2.26 bits per heavy atom. The summed E-state index contributed by atoms with van der Waals surface area (Å²) in [6, 6.07) is 1.26. The van der Waals surface area contributed by atoms with Gasteiger partial charge in [0.25, 0.3) is 0 Å². The number of anilines is 1. The van der Waals surface area contributed by atoms with Crippen molar-refractivity contribution in [3.8, 4) is 0 Å². The van der Waals surface area contributed by atoms with Crippen molar-refractivity contribution in [3.05, 3.63) is 17.3 Å². The number of nitrogens with one attached hydrogen (secondary N) is 1. The van der Waals surface area contributed by atoms with Gasteiger partial charge in [0.15, 0.2) is 5.82 Å². The van der Waals surface area contributed by atoms with E-state index in [9.17, 15) is 8.42 Å². The minimum Gasteiger partial charge on any atom is -0.395 e. The van der Waals surface area contributed by atoms with Crippen LogP contribution in [-0.2, 0) is 10.0 Å². The average molecular weight is 307 g/mol. The number of aliphatic hydroxyl groups excluding tert-OH is 1. The fourth-order valence-corrected chi connectivity index (χ4v) is 3.70. The van der Waals surface area contributed by atoms with E-state index in [1.807, 2.05) is 0 Å². The summed E-state index contributed by atoms with van der Waals surface area (Å²) >= 11 is 5.88. The van der Waals surface area contributed by atoms with Crippen molar-refractivity contribution >= 4 is 27.4 Å². The number of nitrogen functional groups attached to an aromatic ring is 1. The van der Waals surface area contributed by atoms with E-state index in [1.54, 1.807) is 0 Å². The number of aliphatic hydroxyl groups is 1. The minimum absolute atomic E-state index is 0.00292. The second-order valence-electron chi connectivity index (χ2n) is 4.22. The Morgan fingerprint density at radius 1 is 1.58 bits per heavy atom. The number of rotatable bonds is 6. The molecule has 1 aromatic heterocycles. The van der Waals surface area contributed by atoms with Gasteiger partial charge in [-0.15, -0.1) is 0 Å². The number of nitrogens with zero attached hydrogens (tertiary/aromatic N) is 2. The second-order valence-corrected chi connectivity index (χ2v) is 6.51. The summed E-state index contributed by atoms with van der Waals surface area (Å²) in [5, 5.41) is 9.11. The van der Waals surface area contributed by atoms with Gasteiger partial charge in [0.1, 0.15) is 4.90 Å². The van der Waals surface area contributed by atoms with Crippen LogP contribution >= 0.6 is 11.6 Å². The van der Waals surface area contributed by atoms with E-state index in [0.717, 1.165) is 12.8 Å². The maximum Gasteiger partial charge on any atom is 0.244 e. The van der Waals surface area contributed by atoms with Gasteiger partial charge in [0.05, 0.1) is 11.6 Å². The Labute approximate surface area is 116 Å². The molecular weight excluding hydrogens is 292 g/mol. The zero-order valence-electron chi connectivity index (χ0n) is 10.1. The highest BCUT2D eigenvalue weighted by Crippen LogP contribution is 2.32. The van der Waals surface area contributed by atoms with Crippen molar-refractivity contribution in [3.63, 3.8) is 0 Å². The lowest BCUT2D eigenvalue weighted by atomic mass is 10.5. The van der Waals surface area contributed by atoms with Gasteiger partial charge in [-0.05, 0) is 18.9 Å². The summed E-state index contributed by atoms with van der Waals surface area (Å²) in [4.78, 5) is 3.85. The molecule has 0 atom stereocenters. The SMILES string of the molecule is NNc1ncc(S(=O)(=O)N(CCO)C2CC2)cc1Cl. The molecule has 9 heteroatoms. The number of aromatic nitrogens is 1. The van der Waals surface area contributed by atoms with Crippen molar-refractivity contribution in [1.29, 1.82) is 0 Å². The Balaban J connectivity index is 2.34. The molecule has 7 nitrogen and oxygen atoms in total. The van der Waals surface area contributed by atoms with Gasteiger partial charge in [-0.25, -0.2) is 19.2 Å². The lowest BCUT2D eigenvalue weighted by Gasteiger charge is -2.20. The van der Waals surface area contributed by atoms with Gasteiger partial charge < -0.3 is 10.5 Å². The molecule has 1 aromatic rings. The van der Waals surface area contributed by atoms with Crippen LogP contribution in [0.15, 0.2) is 17.2 Å². The third-order valence-electron chi connectivity index (χ3n) is 2.83. The topological polar surface area (TPSA) is 109 Å². The Hall–Kier alpha value is -0.930. The Bertz CT molecular complexity index is 562. The number of hydrogen-bond donors (Lipinski definition) is 3. The van der Waals surface area contributed by atoms with E-state index >= 15 is 0 Å². The predicted molar refractivity (Wildman–Crippen MR) is 71.1 cm³/mol. The third kappa shape index (κ3) is 2.98. The standard InChI is InChI=1S/C10H15ClN4O3S/c11-9-5-8(6-13-10(9)14-12)19(17,18)15(3-4-16)7-1-2-7/h5-7,16H,1-4,12H2,(H,13,14). The molecule has 0 saturated heterocycles. The molecule has 1 fully saturated rings. The minimum atomic E-state index is -3.69. The smallest absolute Gasteiger partial charge is 0.244 e. The molecule has 0 unspecified atom stereocenters. The Morgan fingerprint density at radius 3 is 2.74 bits per heavy atom. The van der Waals surface area contributed by atoms with Crippen molar-refractivity contribution in [2.75, 3.05) is 18.6 Å². The number of pyridine rings is 1. The molecule has 1 heterocycles. The van der Waals surface area contributed by atoms with E-state index in [1.165, 1.54) is 16.6 Å². The number of halogens is 1. The summed E-state index contributed by atoms with van der Waals surface area (Å²) in [6.07, 6.45) is 2.81. The van der Waals surface area contributed by atoms with Crippen LogP contribution in [0, 0.1) is 0 Å². The second kappa shape index (κ2) is 5.59. The molecule has 1 aliphatic carbocycles. The van der Waals surface area contributed by atoms with Crippen LogP contribution < -0.4 is 11.3 Å². The first kappa shape index (κ1) is 14.5. The normalized spacial score (nSPS) is 15.8. The monoisotopic (exact) mass is 306 g/mol. The zero-order chi connectivity index (χ0) is 14.0. The first-order valence-electron chi connectivity index (χ1n) is 5.75. The zero-order valence-corrected chi connectivity index (χ0v) is 11.7. The van der Waals surface area contributed by atoms with E-state index in [2.05, 4.69) is 10.4 Å². The summed E-state index contributed by atoms with van der Waals surface area (Å²) in [5.74, 6) is 5.39. The van der Waals surface area contributed by atoms with Crippen LogP contribution in [0.2, 0.25) is 5.02 Å². The molecule has 1 saturated carbocycles. The Kier molecular flexibility index (Phi) is 4.26. The highest BCUT2D eigenvalue weighted by atomic mass is 35.5. The van der Waals surface area contributed by atoms with E-state index in [-0.39, 0.29) is 34.9 Å². The highest BCUT2D eigenvalue weighted by molar-refractivity contribution is 7.89. The lowest BCUT2D eigenvalue weighted by Crippen LogP contribution is -2.35. The molecular formula is C10H15ClN4O3S. The molecule has 0 spiro atoms. The predicted octanol–water partition coefficient (Wildman–Crippen LogP) is 0.166. The molecule has 0 aromatic carbocycles. The van der Waals surface area contributed by atoms with Gasteiger partial charge in [0.2, 0.25) is 10.0 Å². The fraction of sp³-hybridized carbons (Fsp3) is 0.500. The van der Waals surface area contributed by atoms with Gasteiger partial charge >= 0.3 is 0 Å². The van der Waals surface area contributed by atoms with Crippen LogP contribution in [0.25, 0.3) is 0 Å². The van der Waals surface area contributed by atoms with Crippen molar-refractivity contribution < 1.29 is 13.5 Å². The third-order valence-corrected chi connectivity index (χ3v) is 5.04. The van der Waals surface area contributed by atoms with Crippen LogP contribution in [-0.4, -0.2) is 42.0 Å². The number of hydrogen-bond acceptors (Lipinski definition) is 6. The van der Waals surface area contributed by atoms with Crippen LogP contribution in [0.3, 0.4) is 0 Å². The maximum atomic E-state index is 12.4. The molecule has 19 heavy (non-hydrogen) atoms. The highest BCUT2D eigenvalue weighted by Gasteiger charge is 2.37. The van der Waals surface area contributed by atoms with Crippen LogP contribution in [0.4, 0.5) is 5.82 Å². The van der Waals surface area contributed by atoms with Crippen molar-refractivity contribution in [2.24, 2.45) is 5.84 Å². The summed E-state index contributed by atoms with van der Waals surface area (Å²) < 4.78 is 26.1. The van der Waals surface area contributed by atoms with Gasteiger partial charge in [-0.1, -0.05) is 11.6 Å². The van der Waals surface area contributed by atoms with Gasteiger partial charge in [-0.2, -0.15) is 4.31 Å². The summed E-state index contributed by atoms with van der Waals surface area (Å²) in [6.45, 7) is -0.152. The molecule has 2 rings (SSSR count). The first-order valence-corrected chi connectivity index (χ1v) is 7.57.